The van der Waals surface area contributed by atoms with Crippen molar-refractivity contribution in [1.29, 1.82) is 0 Å². The third-order valence-corrected chi connectivity index (χ3v) is 3.04. The van der Waals surface area contributed by atoms with Crippen molar-refractivity contribution in [3.8, 4) is 11.1 Å². The summed E-state index contributed by atoms with van der Waals surface area (Å²) in [4.78, 5) is 0. The van der Waals surface area contributed by atoms with Crippen molar-refractivity contribution in [3.63, 3.8) is 0 Å². The number of rotatable bonds is 1. The molecule has 0 fully saturated rings. The topological polar surface area (TPSA) is 78.3 Å². The molecular weight excluding hydrogens is 232 g/mol. The normalized spacial score (nSPS) is 11.6. The molecule has 3 aromatic heterocycles. The number of nitrogens with zero attached hydrogens (tertiary/aromatic N) is 1. The molecule has 5 nitrogen and oxygen atoms in total. The molecule has 0 atom stereocenters. The van der Waals surface area contributed by atoms with Crippen LogP contribution in [0.25, 0.3) is 33.1 Å². The van der Waals surface area contributed by atoms with Crippen LogP contribution in [-0.2, 0) is 0 Å². The van der Waals surface area contributed by atoms with E-state index in [0.717, 1.165) is 27.5 Å². The molecule has 0 saturated heterocycles. The number of hydrogen-bond donors (Lipinski definition) is 1. The minimum atomic E-state index is 0.265. The standard InChI is InChI=1S/C13H8N2O3/c14-13-9(6-15-18-13)11-8-2-4-16-10(8)5-7-1-3-17-12(7)11/h1-6H,14H2. The molecule has 0 amide bonds. The second kappa shape index (κ2) is 3.16. The van der Waals surface area contributed by atoms with Gasteiger partial charge in [-0.15, -0.1) is 0 Å². The van der Waals surface area contributed by atoms with Crippen molar-refractivity contribution in [2.24, 2.45) is 0 Å². The molecule has 2 N–H and O–H groups in total. The van der Waals surface area contributed by atoms with Crippen molar-refractivity contribution in [2.45, 2.75) is 0 Å². The molecule has 88 valence electrons. The first-order valence-electron chi connectivity index (χ1n) is 5.42. The molecule has 4 aromatic rings. The van der Waals surface area contributed by atoms with Gasteiger partial charge in [-0.2, -0.15) is 0 Å². The first kappa shape index (κ1) is 9.35. The van der Waals surface area contributed by atoms with Crippen LogP contribution in [0.1, 0.15) is 0 Å². The summed E-state index contributed by atoms with van der Waals surface area (Å²) in [7, 11) is 0. The van der Waals surface area contributed by atoms with Gasteiger partial charge in [0.15, 0.2) is 0 Å². The van der Waals surface area contributed by atoms with E-state index >= 15 is 0 Å². The smallest absolute Gasteiger partial charge is 0.230 e. The fourth-order valence-corrected chi connectivity index (χ4v) is 2.24. The third kappa shape index (κ3) is 1.08. The highest BCUT2D eigenvalue weighted by molar-refractivity contribution is 6.10. The maximum absolute atomic E-state index is 5.79. The van der Waals surface area contributed by atoms with Crippen molar-refractivity contribution in [3.05, 3.63) is 36.9 Å². The van der Waals surface area contributed by atoms with Gasteiger partial charge in [0.2, 0.25) is 5.88 Å². The summed E-state index contributed by atoms with van der Waals surface area (Å²) in [5, 5.41) is 5.58. The molecule has 18 heavy (non-hydrogen) atoms. The molecule has 4 rings (SSSR count). The molecule has 0 aliphatic heterocycles. The Morgan fingerprint density at radius 3 is 2.83 bits per heavy atom. The van der Waals surface area contributed by atoms with Crippen LogP contribution in [0.5, 0.6) is 0 Å². The van der Waals surface area contributed by atoms with Gasteiger partial charge < -0.3 is 19.1 Å². The maximum atomic E-state index is 5.79. The Morgan fingerprint density at radius 1 is 1.11 bits per heavy atom. The molecule has 0 aliphatic rings. The number of aromatic nitrogens is 1. The van der Waals surface area contributed by atoms with E-state index in [2.05, 4.69) is 5.16 Å². The minimum Gasteiger partial charge on any atom is -0.464 e. The minimum absolute atomic E-state index is 0.265. The fraction of sp³-hybridized carbons (Fsp3) is 0. The number of anilines is 1. The van der Waals surface area contributed by atoms with Crippen molar-refractivity contribution in [1.82, 2.24) is 5.16 Å². The number of furan rings is 2. The Balaban J connectivity index is 2.26. The van der Waals surface area contributed by atoms with E-state index in [4.69, 9.17) is 19.1 Å². The van der Waals surface area contributed by atoms with Gasteiger partial charge in [0, 0.05) is 16.3 Å². The first-order valence-corrected chi connectivity index (χ1v) is 5.42. The predicted octanol–water partition coefficient (Wildman–Crippen LogP) is 3.42. The lowest BCUT2D eigenvalue weighted by Gasteiger charge is -2.01. The van der Waals surface area contributed by atoms with Gasteiger partial charge in [-0.3, -0.25) is 0 Å². The van der Waals surface area contributed by atoms with Gasteiger partial charge in [-0.05, 0) is 18.2 Å². The second-order valence-corrected chi connectivity index (χ2v) is 4.03. The van der Waals surface area contributed by atoms with E-state index < -0.39 is 0 Å². The molecule has 0 bridgehead atoms. The monoisotopic (exact) mass is 240 g/mol. The zero-order chi connectivity index (χ0) is 12.1. The third-order valence-electron chi connectivity index (χ3n) is 3.04. The van der Waals surface area contributed by atoms with E-state index in [1.165, 1.54) is 0 Å². The lowest BCUT2D eigenvalue weighted by molar-refractivity contribution is 0.436. The molecule has 0 spiro atoms. The molecule has 0 radical (unpaired) electrons. The van der Waals surface area contributed by atoms with Crippen LogP contribution < -0.4 is 5.73 Å². The van der Waals surface area contributed by atoms with Crippen molar-refractivity contribution >= 4 is 27.8 Å². The largest absolute Gasteiger partial charge is 0.464 e. The van der Waals surface area contributed by atoms with Crippen molar-refractivity contribution < 1.29 is 13.4 Å². The zero-order valence-corrected chi connectivity index (χ0v) is 9.21. The summed E-state index contributed by atoms with van der Waals surface area (Å²) >= 11 is 0. The number of nitrogens with two attached hydrogens (primary N) is 1. The summed E-state index contributed by atoms with van der Waals surface area (Å²) in [6, 6.07) is 5.69. The van der Waals surface area contributed by atoms with Gasteiger partial charge in [0.25, 0.3) is 0 Å². The van der Waals surface area contributed by atoms with Crippen LogP contribution >= 0.6 is 0 Å². The molecule has 3 heterocycles. The maximum Gasteiger partial charge on any atom is 0.230 e. The highest BCUT2D eigenvalue weighted by Gasteiger charge is 2.18. The lowest BCUT2D eigenvalue weighted by Crippen LogP contribution is -1.86. The van der Waals surface area contributed by atoms with Crippen LogP contribution in [0.3, 0.4) is 0 Å². The Morgan fingerprint density at radius 2 is 2.00 bits per heavy atom. The van der Waals surface area contributed by atoms with E-state index in [0.29, 0.717) is 5.56 Å². The molecule has 0 aliphatic carbocycles. The average molecular weight is 240 g/mol. The fourth-order valence-electron chi connectivity index (χ4n) is 2.24. The van der Waals surface area contributed by atoms with Crippen molar-refractivity contribution in [2.75, 3.05) is 5.73 Å². The van der Waals surface area contributed by atoms with Crippen LogP contribution in [0, 0.1) is 0 Å². The van der Waals surface area contributed by atoms with E-state index in [-0.39, 0.29) is 5.88 Å². The summed E-state index contributed by atoms with van der Waals surface area (Å²) in [6.07, 6.45) is 4.85. The highest BCUT2D eigenvalue weighted by Crippen LogP contribution is 2.39. The van der Waals surface area contributed by atoms with E-state index in [1.807, 2.05) is 18.2 Å². The van der Waals surface area contributed by atoms with Crippen LogP contribution in [0.4, 0.5) is 5.88 Å². The Labute approximate surface area is 101 Å². The van der Waals surface area contributed by atoms with Crippen LogP contribution in [-0.4, -0.2) is 5.16 Å². The summed E-state index contributed by atoms with van der Waals surface area (Å²) < 4.78 is 15.9. The summed E-state index contributed by atoms with van der Waals surface area (Å²) in [5.41, 5.74) is 8.87. The van der Waals surface area contributed by atoms with Crippen LogP contribution in [0.2, 0.25) is 0 Å². The molecular formula is C13H8N2O3. The summed E-state index contributed by atoms with van der Waals surface area (Å²) in [5.74, 6) is 0.265. The molecule has 5 heteroatoms. The van der Waals surface area contributed by atoms with Gasteiger partial charge in [-0.25, -0.2) is 0 Å². The number of hydrogen-bond acceptors (Lipinski definition) is 5. The predicted molar refractivity (Wildman–Crippen MR) is 65.9 cm³/mol. The second-order valence-electron chi connectivity index (χ2n) is 4.03. The Kier molecular flexibility index (Phi) is 1.64. The zero-order valence-electron chi connectivity index (χ0n) is 9.21. The SMILES string of the molecule is Nc1oncc1-c1c2ccoc2cc2ccoc12. The van der Waals surface area contributed by atoms with E-state index in [9.17, 15) is 0 Å². The van der Waals surface area contributed by atoms with Gasteiger partial charge in [0.1, 0.15) is 11.2 Å². The first-order chi connectivity index (χ1) is 8.84. The molecule has 0 unspecified atom stereocenters. The van der Waals surface area contributed by atoms with E-state index in [1.54, 1.807) is 18.7 Å². The Hall–Kier alpha value is -2.69. The van der Waals surface area contributed by atoms with Gasteiger partial charge in [-0.1, -0.05) is 5.16 Å². The van der Waals surface area contributed by atoms with Gasteiger partial charge >= 0.3 is 0 Å². The lowest BCUT2D eigenvalue weighted by atomic mass is 10.0. The molecule has 0 saturated carbocycles. The van der Waals surface area contributed by atoms with Gasteiger partial charge in [0.05, 0.1) is 24.3 Å². The number of nitrogen functional groups attached to an aromatic ring is 1. The average Bonchev–Trinajstić information content (AvgIpc) is 3.05. The molecule has 1 aromatic carbocycles. The Bertz CT molecular complexity index is 805. The van der Waals surface area contributed by atoms with Crippen LogP contribution in [0.15, 0.2) is 50.3 Å². The highest BCUT2D eigenvalue weighted by atomic mass is 16.5. The quantitative estimate of drug-likeness (QED) is 0.551. The number of fused-ring (bicyclic) bond motifs is 2. The number of benzene rings is 1. The summed E-state index contributed by atoms with van der Waals surface area (Å²) in [6.45, 7) is 0.